The van der Waals surface area contributed by atoms with Crippen molar-refractivity contribution in [3.63, 3.8) is 0 Å². The van der Waals surface area contributed by atoms with Gasteiger partial charge in [0.25, 0.3) is 5.54 Å². The molecule has 0 rings (SSSR count). The third-order valence-electron chi connectivity index (χ3n) is 1.14. The van der Waals surface area contributed by atoms with Gasteiger partial charge in [0.15, 0.2) is 0 Å². The van der Waals surface area contributed by atoms with Crippen molar-refractivity contribution in [3.8, 4) is 0 Å². The predicted octanol–water partition coefficient (Wildman–Crippen LogP) is 1.27. The number of hydrogen-bond donors (Lipinski definition) is 0. The van der Waals surface area contributed by atoms with Gasteiger partial charge in [0.05, 0.1) is 0 Å². The highest BCUT2D eigenvalue weighted by Gasteiger charge is 2.28. The molecule has 0 aromatic carbocycles. The topological polar surface area (TPSA) is 21.4 Å². The minimum absolute atomic E-state index is 0.0764. The van der Waals surface area contributed by atoms with E-state index in [9.17, 15) is 4.79 Å². The summed E-state index contributed by atoms with van der Waals surface area (Å²) in [5.74, 6) is -0.0764. The normalized spacial score (nSPS) is 10.2. The lowest BCUT2D eigenvalue weighted by Crippen LogP contribution is -2.23. The Kier molecular flexibility index (Phi) is 1.75. The smallest absolute Gasteiger partial charge is 0.283 e. The summed E-state index contributed by atoms with van der Waals surface area (Å²) in [5, 5.41) is 0. The highest BCUT2D eigenvalue weighted by Crippen LogP contribution is 2.08. The molecule has 2 heteroatoms. The summed E-state index contributed by atoms with van der Waals surface area (Å²) >= 11 is 0. The number of Topliss-reactive ketones (excluding diaryl/α,β-unsaturated/α-hetero) is 1. The lowest BCUT2D eigenvalue weighted by molar-refractivity contribution is -0.119. The van der Waals surface area contributed by atoms with Gasteiger partial charge in [-0.3, -0.25) is 4.79 Å². The number of hydrogen-bond acceptors (Lipinski definition) is 1. The molecule has 8 heavy (non-hydrogen) atoms. The van der Waals surface area contributed by atoms with Crippen LogP contribution in [0.2, 0.25) is 0 Å². The second-order valence-corrected chi connectivity index (χ2v) is 2.23. The molecule has 0 spiro atoms. The summed E-state index contributed by atoms with van der Waals surface area (Å²) < 4.78 is 0. The van der Waals surface area contributed by atoms with Gasteiger partial charge in [0.2, 0.25) is 5.78 Å². The van der Waals surface area contributed by atoms with E-state index in [1.165, 1.54) is 6.92 Å². The standard InChI is InChI=1S/C6H9NO/c1-5(8)6(2,3)7-4/h1-3H3. The van der Waals surface area contributed by atoms with E-state index in [2.05, 4.69) is 4.85 Å². The maximum absolute atomic E-state index is 10.5. The van der Waals surface area contributed by atoms with Crippen LogP contribution >= 0.6 is 0 Å². The Hall–Kier alpha value is -0.840. The maximum atomic E-state index is 10.5. The van der Waals surface area contributed by atoms with Gasteiger partial charge in [0.1, 0.15) is 0 Å². The average molecular weight is 111 g/mol. The lowest BCUT2D eigenvalue weighted by Gasteiger charge is -2.03. The van der Waals surface area contributed by atoms with Crippen LogP contribution in [0.25, 0.3) is 4.85 Å². The Morgan fingerprint density at radius 2 is 2.00 bits per heavy atom. The van der Waals surface area contributed by atoms with Crippen LogP contribution < -0.4 is 0 Å². The Bertz CT molecular complexity index is 141. The van der Waals surface area contributed by atoms with Crippen LogP contribution in [-0.2, 0) is 4.79 Å². The summed E-state index contributed by atoms with van der Waals surface area (Å²) in [6.45, 7) is 11.2. The largest absolute Gasteiger partial charge is 0.303 e. The Balaban J connectivity index is 4.19. The summed E-state index contributed by atoms with van der Waals surface area (Å²) in [4.78, 5) is 13.6. The first-order valence-electron chi connectivity index (χ1n) is 2.40. The third kappa shape index (κ3) is 1.34. The van der Waals surface area contributed by atoms with Crippen molar-refractivity contribution in [2.75, 3.05) is 0 Å². The Morgan fingerprint density at radius 3 is 2.00 bits per heavy atom. The molecule has 2 nitrogen and oxygen atoms in total. The molecule has 0 aromatic rings. The van der Waals surface area contributed by atoms with Crippen molar-refractivity contribution in [2.45, 2.75) is 26.3 Å². The van der Waals surface area contributed by atoms with Crippen molar-refractivity contribution < 1.29 is 4.79 Å². The van der Waals surface area contributed by atoms with Gasteiger partial charge in [-0.25, -0.2) is 6.57 Å². The molecule has 0 aliphatic carbocycles. The van der Waals surface area contributed by atoms with Gasteiger partial charge in [-0.1, -0.05) is 0 Å². The molecule has 0 amide bonds. The van der Waals surface area contributed by atoms with Gasteiger partial charge in [-0.2, -0.15) is 0 Å². The fourth-order valence-electron chi connectivity index (χ4n) is 0.0787. The third-order valence-corrected chi connectivity index (χ3v) is 1.14. The van der Waals surface area contributed by atoms with E-state index in [4.69, 9.17) is 6.57 Å². The van der Waals surface area contributed by atoms with Crippen LogP contribution in [0, 0.1) is 6.57 Å². The fraction of sp³-hybridized carbons (Fsp3) is 0.667. The predicted molar refractivity (Wildman–Crippen MR) is 31.4 cm³/mol. The van der Waals surface area contributed by atoms with E-state index in [0.29, 0.717) is 0 Å². The molecule has 0 fully saturated rings. The molecule has 44 valence electrons. The van der Waals surface area contributed by atoms with Crippen molar-refractivity contribution in [1.82, 2.24) is 0 Å². The zero-order valence-electron chi connectivity index (χ0n) is 5.36. The van der Waals surface area contributed by atoms with E-state index in [1.807, 2.05) is 0 Å². The lowest BCUT2D eigenvalue weighted by atomic mass is 10.0. The zero-order valence-corrected chi connectivity index (χ0v) is 5.36. The number of carbonyl (C=O) groups is 1. The molecule has 0 saturated carbocycles. The minimum Gasteiger partial charge on any atom is -0.303 e. The highest BCUT2D eigenvalue weighted by atomic mass is 16.1. The second kappa shape index (κ2) is 1.95. The van der Waals surface area contributed by atoms with Crippen molar-refractivity contribution in [3.05, 3.63) is 11.4 Å². The van der Waals surface area contributed by atoms with Crippen molar-refractivity contribution in [2.24, 2.45) is 0 Å². The molecule has 0 bridgehead atoms. The van der Waals surface area contributed by atoms with Crippen LogP contribution in [0.3, 0.4) is 0 Å². The molecule has 0 radical (unpaired) electrons. The van der Waals surface area contributed by atoms with Gasteiger partial charge in [-0.05, 0) is 0 Å². The van der Waals surface area contributed by atoms with Crippen molar-refractivity contribution in [1.29, 1.82) is 0 Å². The van der Waals surface area contributed by atoms with E-state index >= 15 is 0 Å². The first kappa shape index (κ1) is 7.16. The van der Waals surface area contributed by atoms with E-state index in [1.54, 1.807) is 13.8 Å². The quantitative estimate of drug-likeness (QED) is 0.467. The molecule has 0 atom stereocenters. The Labute approximate surface area is 49.3 Å². The average Bonchev–Trinajstić information content (AvgIpc) is 1.67. The van der Waals surface area contributed by atoms with Crippen molar-refractivity contribution >= 4 is 5.78 Å². The van der Waals surface area contributed by atoms with Gasteiger partial charge >= 0.3 is 0 Å². The molecule has 0 saturated heterocycles. The summed E-state index contributed by atoms with van der Waals surface area (Å²) in [6, 6.07) is 0. The van der Waals surface area contributed by atoms with Crippen LogP contribution in [0.15, 0.2) is 0 Å². The molecular weight excluding hydrogens is 102 g/mol. The Morgan fingerprint density at radius 1 is 1.62 bits per heavy atom. The zero-order chi connectivity index (χ0) is 6.78. The molecule has 0 aliphatic rings. The number of rotatable bonds is 1. The van der Waals surface area contributed by atoms with Crippen LogP contribution in [0.4, 0.5) is 0 Å². The number of nitrogens with zero attached hydrogens (tertiary/aromatic N) is 1. The van der Waals surface area contributed by atoms with E-state index < -0.39 is 5.54 Å². The molecule has 0 N–H and O–H groups in total. The van der Waals surface area contributed by atoms with Gasteiger partial charge < -0.3 is 4.85 Å². The first-order chi connectivity index (χ1) is 3.50. The SMILES string of the molecule is [C-]#[N+]C(C)(C)C(C)=O. The maximum Gasteiger partial charge on any atom is 0.283 e. The molecule has 0 aliphatic heterocycles. The number of ketones is 1. The fourth-order valence-corrected chi connectivity index (χ4v) is 0.0787. The highest BCUT2D eigenvalue weighted by molar-refractivity contribution is 5.86. The van der Waals surface area contributed by atoms with Crippen LogP contribution in [0.1, 0.15) is 20.8 Å². The van der Waals surface area contributed by atoms with E-state index in [0.717, 1.165) is 0 Å². The molecular formula is C6H9NO. The molecule has 0 heterocycles. The second-order valence-electron chi connectivity index (χ2n) is 2.23. The summed E-state index contributed by atoms with van der Waals surface area (Å²) in [6.07, 6.45) is 0. The van der Waals surface area contributed by atoms with Crippen LogP contribution in [0.5, 0.6) is 0 Å². The van der Waals surface area contributed by atoms with Gasteiger partial charge in [-0.15, -0.1) is 0 Å². The van der Waals surface area contributed by atoms with E-state index in [-0.39, 0.29) is 5.78 Å². The van der Waals surface area contributed by atoms with Gasteiger partial charge in [0, 0.05) is 20.8 Å². The molecule has 0 aromatic heterocycles. The summed E-state index contributed by atoms with van der Waals surface area (Å²) in [5.41, 5.74) is -0.806. The molecule has 0 unspecified atom stereocenters. The monoisotopic (exact) mass is 111 g/mol. The van der Waals surface area contributed by atoms with Crippen LogP contribution in [-0.4, -0.2) is 11.3 Å². The summed E-state index contributed by atoms with van der Waals surface area (Å²) in [7, 11) is 0. The number of carbonyl (C=O) groups excluding carboxylic acids is 1. The minimum atomic E-state index is -0.806. The first-order valence-corrected chi connectivity index (χ1v) is 2.40.